The van der Waals surface area contributed by atoms with Crippen LogP contribution in [0.15, 0.2) is 24.3 Å². The minimum absolute atomic E-state index is 0.309. The fraction of sp³-hybridized carbons (Fsp3) is 0.429. The number of aliphatic carboxylic acids is 1. The second-order valence-electron chi connectivity index (χ2n) is 4.75. The lowest BCUT2D eigenvalue weighted by atomic mass is 10.1. The number of urea groups is 1. The first-order valence-corrected chi connectivity index (χ1v) is 6.09. The Bertz CT molecular complexity index is 474. The van der Waals surface area contributed by atoms with Gasteiger partial charge < -0.3 is 14.9 Å². The summed E-state index contributed by atoms with van der Waals surface area (Å²) in [7, 11) is 3.16. The number of carboxylic acids is 1. The Morgan fingerprint density at radius 3 is 2.47 bits per heavy atom. The van der Waals surface area contributed by atoms with E-state index >= 15 is 0 Å². The fourth-order valence-corrected chi connectivity index (χ4v) is 1.75. The van der Waals surface area contributed by atoms with E-state index in [0.29, 0.717) is 6.54 Å². The Labute approximate surface area is 113 Å². The number of benzene rings is 1. The third-order valence-corrected chi connectivity index (χ3v) is 3.07. The number of aryl methyl sites for hydroxylation is 1. The van der Waals surface area contributed by atoms with Gasteiger partial charge in [-0.1, -0.05) is 29.8 Å². The van der Waals surface area contributed by atoms with Crippen LogP contribution in [0.3, 0.4) is 0 Å². The number of hydrogen-bond acceptors (Lipinski definition) is 2. The fourth-order valence-electron chi connectivity index (χ4n) is 1.75. The molecule has 1 atom stereocenters. The van der Waals surface area contributed by atoms with Crippen molar-refractivity contribution >= 4 is 12.0 Å². The molecular formula is C14H20N2O3. The number of carboxylic acid groups (broad SMARTS) is 1. The highest BCUT2D eigenvalue weighted by atomic mass is 16.4. The maximum atomic E-state index is 12.1. The van der Waals surface area contributed by atoms with E-state index in [2.05, 4.69) is 0 Å². The van der Waals surface area contributed by atoms with Gasteiger partial charge in [-0.25, -0.2) is 9.59 Å². The normalized spacial score (nSPS) is 11.8. The van der Waals surface area contributed by atoms with E-state index in [4.69, 9.17) is 5.11 Å². The van der Waals surface area contributed by atoms with E-state index in [1.807, 2.05) is 31.2 Å². The zero-order valence-corrected chi connectivity index (χ0v) is 11.8. The Balaban J connectivity index is 2.70. The van der Waals surface area contributed by atoms with Crippen molar-refractivity contribution in [2.75, 3.05) is 14.1 Å². The van der Waals surface area contributed by atoms with Crippen molar-refractivity contribution in [1.82, 2.24) is 9.80 Å². The van der Waals surface area contributed by atoms with Crippen LogP contribution < -0.4 is 0 Å². The maximum absolute atomic E-state index is 12.1. The molecule has 0 saturated carbocycles. The summed E-state index contributed by atoms with van der Waals surface area (Å²) in [5, 5.41) is 8.90. The van der Waals surface area contributed by atoms with Gasteiger partial charge in [-0.15, -0.1) is 0 Å². The molecule has 1 aromatic rings. The second-order valence-corrected chi connectivity index (χ2v) is 4.75. The van der Waals surface area contributed by atoms with E-state index in [0.717, 1.165) is 11.1 Å². The van der Waals surface area contributed by atoms with Gasteiger partial charge in [0.15, 0.2) is 0 Å². The first-order chi connectivity index (χ1) is 8.82. The van der Waals surface area contributed by atoms with Gasteiger partial charge in [0.25, 0.3) is 0 Å². The summed E-state index contributed by atoms with van der Waals surface area (Å²) < 4.78 is 0. The molecule has 0 saturated heterocycles. The van der Waals surface area contributed by atoms with Crippen molar-refractivity contribution in [1.29, 1.82) is 0 Å². The first kappa shape index (κ1) is 15.0. The molecule has 19 heavy (non-hydrogen) atoms. The van der Waals surface area contributed by atoms with Crippen molar-refractivity contribution < 1.29 is 14.7 Å². The minimum Gasteiger partial charge on any atom is -0.480 e. The van der Waals surface area contributed by atoms with Crippen LogP contribution >= 0.6 is 0 Å². The maximum Gasteiger partial charge on any atom is 0.326 e. The van der Waals surface area contributed by atoms with Crippen LogP contribution in [-0.4, -0.2) is 47.0 Å². The summed E-state index contributed by atoms with van der Waals surface area (Å²) in [4.78, 5) is 25.7. The molecule has 0 heterocycles. The average Bonchev–Trinajstić information content (AvgIpc) is 2.35. The van der Waals surface area contributed by atoms with E-state index in [1.165, 1.54) is 23.8 Å². The molecule has 0 aromatic heterocycles. The Morgan fingerprint density at radius 2 is 1.95 bits per heavy atom. The Hall–Kier alpha value is -2.04. The van der Waals surface area contributed by atoms with Gasteiger partial charge in [-0.3, -0.25) is 0 Å². The molecule has 0 aliphatic heterocycles. The number of likely N-dealkylation sites (N-methyl/N-ethyl adjacent to an activating group) is 1. The summed E-state index contributed by atoms with van der Waals surface area (Å²) >= 11 is 0. The molecular weight excluding hydrogens is 244 g/mol. The van der Waals surface area contributed by atoms with Crippen LogP contribution in [0.5, 0.6) is 0 Å². The van der Waals surface area contributed by atoms with Crippen molar-refractivity contribution in [2.24, 2.45) is 0 Å². The quantitative estimate of drug-likeness (QED) is 0.904. The summed E-state index contributed by atoms with van der Waals surface area (Å²) in [5.41, 5.74) is 2.15. The van der Waals surface area contributed by atoms with Crippen LogP contribution in [0.25, 0.3) is 0 Å². The first-order valence-electron chi connectivity index (χ1n) is 6.09. The summed E-state index contributed by atoms with van der Waals surface area (Å²) in [6.45, 7) is 3.93. The van der Waals surface area contributed by atoms with Crippen molar-refractivity contribution in [2.45, 2.75) is 26.4 Å². The van der Waals surface area contributed by atoms with E-state index in [1.54, 1.807) is 7.05 Å². The highest BCUT2D eigenvalue weighted by Crippen LogP contribution is 2.09. The summed E-state index contributed by atoms with van der Waals surface area (Å²) in [6, 6.07) is 6.72. The van der Waals surface area contributed by atoms with Gasteiger partial charge in [-0.05, 0) is 19.4 Å². The topological polar surface area (TPSA) is 60.9 Å². The lowest BCUT2D eigenvalue weighted by Gasteiger charge is -2.27. The predicted octanol–water partition coefficient (Wildman–Crippen LogP) is 1.95. The summed E-state index contributed by atoms with van der Waals surface area (Å²) in [5.74, 6) is -1.01. The molecule has 2 amide bonds. The number of hydrogen-bond donors (Lipinski definition) is 1. The van der Waals surface area contributed by atoms with Gasteiger partial charge in [0.05, 0.1) is 0 Å². The molecule has 0 fully saturated rings. The van der Waals surface area contributed by atoms with Crippen molar-refractivity contribution in [3.63, 3.8) is 0 Å². The molecule has 1 aromatic carbocycles. The molecule has 104 valence electrons. The van der Waals surface area contributed by atoms with Crippen LogP contribution in [0, 0.1) is 6.92 Å². The SMILES string of the molecule is Cc1cccc(CN(C)C(=O)N(C)C(C)C(=O)O)c1. The van der Waals surface area contributed by atoms with E-state index < -0.39 is 12.0 Å². The van der Waals surface area contributed by atoms with Crippen molar-refractivity contribution in [3.05, 3.63) is 35.4 Å². The largest absolute Gasteiger partial charge is 0.480 e. The van der Waals surface area contributed by atoms with E-state index in [-0.39, 0.29) is 6.03 Å². The van der Waals surface area contributed by atoms with Crippen LogP contribution in [-0.2, 0) is 11.3 Å². The molecule has 5 heteroatoms. The highest BCUT2D eigenvalue weighted by molar-refractivity contribution is 5.82. The van der Waals surface area contributed by atoms with Crippen LogP contribution in [0.1, 0.15) is 18.1 Å². The molecule has 0 bridgehead atoms. The van der Waals surface area contributed by atoms with Gasteiger partial charge in [-0.2, -0.15) is 0 Å². The lowest BCUT2D eigenvalue weighted by molar-refractivity contribution is -0.141. The lowest BCUT2D eigenvalue weighted by Crippen LogP contribution is -2.46. The molecule has 0 aliphatic rings. The minimum atomic E-state index is -1.01. The van der Waals surface area contributed by atoms with Crippen LogP contribution in [0.2, 0.25) is 0 Å². The zero-order chi connectivity index (χ0) is 14.6. The average molecular weight is 264 g/mol. The standard InChI is InChI=1S/C14H20N2O3/c1-10-6-5-7-12(8-10)9-15(3)14(19)16(4)11(2)13(17)18/h5-8,11H,9H2,1-4H3,(H,17,18). The molecule has 1 N–H and O–H groups in total. The molecule has 0 spiro atoms. The highest BCUT2D eigenvalue weighted by Gasteiger charge is 2.24. The third-order valence-electron chi connectivity index (χ3n) is 3.07. The molecule has 1 rings (SSSR count). The monoisotopic (exact) mass is 264 g/mol. The number of nitrogens with zero attached hydrogens (tertiary/aromatic N) is 2. The van der Waals surface area contributed by atoms with Gasteiger partial charge in [0.1, 0.15) is 6.04 Å². The number of carbonyl (C=O) groups excluding carboxylic acids is 1. The molecule has 1 unspecified atom stereocenters. The zero-order valence-electron chi connectivity index (χ0n) is 11.8. The number of amides is 2. The second kappa shape index (κ2) is 6.22. The Morgan fingerprint density at radius 1 is 1.32 bits per heavy atom. The smallest absolute Gasteiger partial charge is 0.326 e. The van der Waals surface area contributed by atoms with Gasteiger partial charge in [0.2, 0.25) is 0 Å². The molecule has 0 radical (unpaired) electrons. The van der Waals surface area contributed by atoms with E-state index in [9.17, 15) is 9.59 Å². The van der Waals surface area contributed by atoms with Crippen LogP contribution in [0.4, 0.5) is 4.79 Å². The van der Waals surface area contributed by atoms with Gasteiger partial charge in [0, 0.05) is 20.6 Å². The number of rotatable bonds is 4. The number of carbonyl (C=O) groups is 2. The third kappa shape index (κ3) is 3.98. The Kier molecular flexibility index (Phi) is 4.92. The molecule has 0 aliphatic carbocycles. The van der Waals surface area contributed by atoms with Crippen molar-refractivity contribution in [3.8, 4) is 0 Å². The van der Waals surface area contributed by atoms with Gasteiger partial charge >= 0.3 is 12.0 Å². The summed E-state index contributed by atoms with van der Waals surface area (Å²) in [6.07, 6.45) is 0. The predicted molar refractivity (Wildman–Crippen MR) is 72.9 cm³/mol. The molecule has 5 nitrogen and oxygen atoms in total.